The molecule has 3 fully saturated rings. The van der Waals surface area contributed by atoms with Crippen LogP contribution in [0.15, 0.2) is 0 Å². The predicted molar refractivity (Wildman–Crippen MR) is 140 cm³/mol. The minimum atomic E-state index is -0.688. The topological polar surface area (TPSA) is 27.7 Å². The van der Waals surface area contributed by atoms with Gasteiger partial charge in [0, 0.05) is 22.6 Å². The molecule has 176 valence electrons. The average molecular weight is 489 g/mol. The lowest BCUT2D eigenvalue weighted by atomic mass is 9.88. The van der Waals surface area contributed by atoms with Gasteiger partial charge in [0.25, 0.3) is 0 Å². The van der Waals surface area contributed by atoms with Crippen LogP contribution < -0.4 is 0 Å². The normalized spacial score (nSPS) is 38.8. The molecule has 3 nitrogen and oxygen atoms in total. The van der Waals surface area contributed by atoms with Gasteiger partial charge in [-0.3, -0.25) is 0 Å². The van der Waals surface area contributed by atoms with Crippen LogP contribution in [0, 0.1) is 17.8 Å². The first-order valence-corrected chi connectivity index (χ1v) is 17.5. The van der Waals surface area contributed by atoms with Crippen LogP contribution in [0.4, 0.5) is 0 Å². The van der Waals surface area contributed by atoms with E-state index in [1.54, 1.807) is 0 Å². The fourth-order valence-electron chi connectivity index (χ4n) is 5.70. The first kappa shape index (κ1) is 25.5. The molecule has 0 N–H and O–H groups in total. The molecule has 6 unspecified atom stereocenters. The molecular formula is C23H48O3SSi3. The molecule has 0 radical (unpaired) electrons. The Labute approximate surface area is 198 Å². The smallest absolute Gasteiger partial charge is 0.167 e. The van der Waals surface area contributed by atoms with Gasteiger partial charge in [0.2, 0.25) is 0 Å². The number of rotatable bonds is 10. The third-order valence-electron chi connectivity index (χ3n) is 8.24. The molecule has 3 aliphatic carbocycles. The molecule has 0 aliphatic heterocycles. The lowest BCUT2D eigenvalue weighted by molar-refractivity contribution is 0.0917. The maximum atomic E-state index is 6.78. The zero-order chi connectivity index (χ0) is 21.4. The highest BCUT2D eigenvalue weighted by Crippen LogP contribution is 2.34. The standard InChI is InChI=1S/C23H48O3SSi3/c1-17-10-4-7-13-20(17)24-28-23(16-27,29-25-21-14-8-5-11-18(21)2)30-26-22-15-9-6-12-19(22)3/h17-22,27H,4-16,28-30H2,1-3H3. The molecule has 0 aromatic rings. The van der Waals surface area contributed by atoms with Crippen molar-refractivity contribution in [2.75, 3.05) is 5.75 Å². The molecule has 0 saturated heterocycles. The molecule has 0 bridgehead atoms. The SMILES string of the molecule is CC1CCCCC1O[SiH2]C(CS)([SiH2]OC1CCCCC1C)[SiH2]OC1CCCCC1C. The van der Waals surface area contributed by atoms with Gasteiger partial charge >= 0.3 is 0 Å². The zero-order valence-corrected chi connectivity index (χ0v) is 25.1. The molecule has 3 saturated carbocycles. The van der Waals surface area contributed by atoms with Crippen LogP contribution >= 0.6 is 12.6 Å². The molecule has 0 spiro atoms. The summed E-state index contributed by atoms with van der Waals surface area (Å²) < 4.78 is 20.6. The van der Waals surface area contributed by atoms with Crippen molar-refractivity contribution >= 4 is 41.9 Å². The minimum absolute atomic E-state index is 0.272. The molecule has 30 heavy (non-hydrogen) atoms. The third-order valence-corrected chi connectivity index (χ3v) is 18.2. The Kier molecular flexibility index (Phi) is 11.0. The number of thiol groups is 1. The second-order valence-electron chi connectivity index (χ2n) is 11.0. The van der Waals surface area contributed by atoms with Crippen molar-refractivity contribution in [3.8, 4) is 0 Å². The summed E-state index contributed by atoms with van der Waals surface area (Å²) in [7, 11) is -2.06. The molecule has 0 heterocycles. The van der Waals surface area contributed by atoms with Gasteiger partial charge < -0.3 is 13.3 Å². The molecule has 0 amide bonds. The van der Waals surface area contributed by atoms with Crippen LogP contribution in [0.25, 0.3) is 0 Å². The minimum Gasteiger partial charge on any atom is -0.421 e. The van der Waals surface area contributed by atoms with Gasteiger partial charge in [-0.25, -0.2) is 0 Å². The lowest BCUT2D eigenvalue weighted by Gasteiger charge is -2.39. The Balaban J connectivity index is 1.61. The Morgan fingerprint density at radius 3 is 1.17 bits per heavy atom. The van der Waals surface area contributed by atoms with Gasteiger partial charge in [0.15, 0.2) is 29.3 Å². The summed E-state index contributed by atoms with van der Waals surface area (Å²) in [6.45, 7) is 7.20. The highest BCUT2D eigenvalue weighted by Gasteiger charge is 2.38. The molecular weight excluding hydrogens is 441 g/mol. The van der Waals surface area contributed by atoms with Crippen LogP contribution in [0.3, 0.4) is 0 Å². The fourth-order valence-corrected chi connectivity index (χ4v) is 13.1. The summed E-state index contributed by atoms with van der Waals surface area (Å²) >= 11 is 4.93. The Hall–Kier alpha value is 0.881. The quantitative estimate of drug-likeness (QED) is 0.372. The van der Waals surface area contributed by atoms with Gasteiger partial charge in [-0.1, -0.05) is 59.3 Å². The van der Waals surface area contributed by atoms with Crippen molar-refractivity contribution < 1.29 is 13.3 Å². The van der Waals surface area contributed by atoms with E-state index in [1.165, 1.54) is 77.0 Å². The summed E-state index contributed by atoms with van der Waals surface area (Å²) in [5, 5.41) is 0. The second kappa shape index (κ2) is 12.9. The van der Waals surface area contributed by atoms with Crippen LogP contribution in [0.5, 0.6) is 0 Å². The van der Waals surface area contributed by atoms with Crippen LogP contribution in [0.2, 0.25) is 4.28 Å². The Morgan fingerprint density at radius 1 is 0.600 bits per heavy atom. The molecule has 3 aliphatic rings. The summed E-state index contributed by atoms with van der Waals surface area (Å²) in [5.41, 5.74) is 0. The van der Waals surface area contributed by atoms with Crippen LogP contribution in [0.1, 0.15) is 97.8 Å². The van der Waals surface area contributed by atoms with E-state index >= 15 is 0 Å². The van der Waals surface area contributed by atoms with E-state index in [9.17, 15) is 0 Å². The molecule has 6 atom stereocenters. The fraction of sp³-hybridized carbons (Fsp3) is 1.00. The summed E-state index contributed by atoms with van der Waals surface area (Å²) in [4.78, 5) is 0. The summed E-state index contributed by atoms with van der Waals surface area (Å²) in [6, 6.07) is 0. The van der Waals surface area contributed by atoms with Crippen molar-refractivity contribution in [2.45, 2.75) is 120 Å². The number of hydrogen-bond donors (Lipinski definition) is 1. The molecule has 0 aromatic carbocycles. The molecule has 7 heteroatoms. The molecule has 0 aromatic heterocycles. The number of hydrogen-bond acceptors (Lipinski definition) is 4. The van der Waals surface area contributed by atoms with Crippen molar-refractivity contribution in [3.63, 3.8) is 0 Å². The van der Waals surface area contributed by atoms with E-state index in [1.807, 2.05) is 0 Å². The third kappa shape index (κ3) is 7.45. The van der Waals surface area contributed by atoms with Gasteiger partial charge in [0.05, 0.1) is 0 Å². The summed E-state index contributed by atoms with van der Waals surface area (Å²) in [5.74, 6) is 3.13. The van der Waals surface area contributed by atoms with Crippen molar-refractivity contribution in [1.29, 1.82) is 0 Å². The monoisotopic (exact) mass is 488 g/mol. The van der Waals surface area contributed by atoms with Crippen molar-refractivity contribution in [3.05, 3.63) is 0 Å². The van der Waals surface area contributed by atoms with E-state index in [4.69, 9.17) is 25.9 Å². The zero-order valence-electron chi connectivity index (χ0n) is 19.9. The molecule has 3 rings (SSSR count). The lowest BCUT2D eigenvalue weighted by Crippen LogP contribution is -2.45. The van der Waals surface area contributed by atoms with Crippen LogP contribution in [-0.2, 0) is 13.3 Å². The average Bonchev–Trinajstić information content (AvgIpc) is 2.76. The highest BCUT2D eigenvalue weighted by atomic mass is 32.1. The predicted octanol–water partition coefficient (Wildman–Crippen LogP) is 4.03. The maximum Gasteiger partial charge on any atom is 0.167 e. The van der Waals surface area contributed by atoms with Gasteiger partial charge in [-0.05, 0) is 62.0 Å². The highest BCUT2D eigenvalue weighted by molar-refractivity contribution is 7.80. The first-order valence-electron chi connectivity index (χ1n) is 13.0. The van der Waals surface area contributed by atoms with Crippen molar-refractivity contribution in [2.24, 2.45) is 17.8 Å². The second-order valence-corrected chi connectivity index (χ2v) is 20.7. The van der Waals surface area contributed by atoms with Crippen molar-refractivity contribution in [1.82, 2.24) is 0 Å². The van der Waals surface area contributed by atoms with Gasteiger partial charge in [0.1, 0.15) is 0 Å². The van der Waals surface area contributed by atoms with E-state index in [0.29, 0.717) is 18.3 Å². The van der Waals surface area contributed by atoms with E-state index in [0.717, 1.165) is 23.5 Å². The summed E-state index contributed by atoms with van der Waals surface area (Å²) in [6.07, 6.45) is 17.5. The Bertz CT molecular complexity index is 434. The van der Waals surface area contributed by atoms with Gasteiger partial charge in [-0.2, -0.15) is 12.6 Å². The first-order chi connectivity index (χ1) is 14.5. The van der Waals surface area contributed by atoms with E-state index in [2.05, 4.69) is 20.8 Å². The Morgan fingerprint density at radius 2 is 0.900 bits per heavy atom. The van der Waals surface area contributed by atoms with E-state index < -0.39 is 29.3 Å². The largest absolute Gasteiger partial charge is 0.421 e. The van der Waals surface area contributed by atoms with Gasteiger partial charge in [-0.15, -0.1) is 0 Å². The van der Waals surface area contributed by atoms with Crippen LogP contribution in [-0.4, -0.2) is 53.4 Å². The van der Waals surface area contributed by atoms with E-state index in [-0.39, 0.29) is 4.28 Å². The maximum absolute atomic E-state index is 6.78.